The molecule has 1 aromatic rings. The highest BCUT2D eigenvalue weighted by Gasteiger charge is 2.44. The van der Waals surface area contributed by atoms with Gasteiger partial charge in [0.1, 0.15) is 11.7 Å². The van der Waals surface area contributed by atoms with Gasteiger partial charge in [-0.25, -0.2) is 0 Å². The molecule has 0 saturated heterocycles. The normalized spacial score (nSPS) is 20.9. The van der Waals surface area contributed by atoms with E-state index in [1.165, 1.54) is 13.8 Å². The van der Waals surface area contributed by atoms with Gasteiger partial charge in [0.2, 0.25) is 0 Å². The van der Waals surface area contributed by atoms with Crippen LogP contribution in [0.15, 0.2) is 30.3 Å². The molecule has 0 aliphatic carbocycles. The molecule has 0 fully saturated rings. The van der Waals surface area contributed by atoms with E-state index in [9.17, 15) is 20.4 Å². The molecular formula is C12H18O4. The average molecular weight is 226 g/mol. The van der Waals surface area contributed by atoms with E-state index >= 15 is 0 Å². The number of hydrogen-bond acceptors (Lipinski definition) is 4. The van der Waals surface area contributed by atoms with Crippen LogP contribution in [0.2, 0.25) is 0 Å². The second-order valence-corrected chi connectivity index (χ2v) is 4.05. The van der Waals surface area contributed by atoms with Crippen molar-refractivity contribution in [3.63, 3.8) is 0 Å². The minimum Gasteiger partial charge on any atom is -0.391 e. The van der Waals surface area contributed by atoms with Crippen molar-refractivity contribution in [1.29, 1.82) is 0 Å². The molecule has 0 unspecified atom stereocenters. The van der Waals surface area contributed by atoms with E-state index in [1.807, 2.05) is 0 Å². The smallest absolute Gasteiger partial charge is 0.143 e. The van der Waals surface area contributed by atoms with Gasteiger partial charge in [0.25, 0.3) is 0 Å². The predicted molar refractivity (Wildman–Crippen MR) is 59.7 cm³/mol. The molecule has 0 aliphatic heterocycles. The average Bonchev–Trinajstić information content (AvgIpc) is 2.27. The summed E-state index contributed by atoms with van der Waals surface area (Å²) in [6.45, 7) is 2.74. The lowest BCUT2D eigenvalue weighted by molar-refractivity contribution is -0.175. The van der Waals surface area contributed by atoms with Crippen LogP contribution in [0.3, 0.4) is 0 Å². The number of hydrogen-bond donors (Lipinski definition) is 4. The number of aliphatic hydroxyl groups excluding tert-OH is 3. The van der Waals surface area contributed by atoms with Crippen molar-refractivity contribution in [2.45, 2.75) is 37.8 Å². The van der Waals surface area contributed by atoms with E-state index in [1.54, 1.807) is 30.3 Å². The zero-order chi connectivity index (χ0) is 12.3. The topological polar surface area (TPSA) is 80.9 Å². The fraction of sp³-hybridized carbons (Fsp3) is 0.500. The Labute approximate surface area is 94.8 Å². The standard InChI is InChI=1S/C12H18O4/c1-8(13)11(15)12(16,9(2)14)10-6-4-3-5-7-10/h3-9,11,13-16H,1-2H3/t8-,9+,11+,12-/m1/s1. The third-order valence-corrected chi connectivity index (χ3v) is 2.78. The van der Waals surface area contributed by atoms with E-state index in [2.05, 4.69) is 0 Å². The molecule has 4 atom stereocenters. The van der Waals surface area contributed by atoms with Crippen molar-refractivity contribution in [3.8, 4) is 0 Å². The van der Waals surface area contributed by atoms with Crippen molar-refractivity contribution >= 4 is 0 Å². The summed E-state index contributed by atoms with van der Waals surface area (Å²) in [4.78, 5) is 0. The van der Waals surface area contributed by atoms with Gasteiger partial charge in [-0.1, -0.05) is 30.3 Å². The van der Waals surface area contributed by atoms with Crippen molar-refractivity contribution in [1.82, 2.24) is 0 Å². The molecular weight excluding hydrogens is 208 g/mol. The van der Waals surface area contributed by atoms with Crippen molar-refractivity contribution in [2.75, 3.05) is 0 Å². The van der Waals surface area contributed by atoms with Crippen molar-refractivity contribution < 1.29 is 20.4 Å². The van der Waals surface area contributed by atoms with Gasteiger partial charge in [-0.05, 0) is 19.4 Å². The Balaban J connectivity index is 3.17. The molecule has 0 amide bonds. The zero-order valence-corrected chi connectivity index (χ0v) is 9.41. The van der Waals surface area contributed by atoms with E-state index < -0.39 is 23.9 Å². The largest absolute Gasteiger partial charge is 0.391 e. The quantitative estimate of drug-likeness (QED) is 0.582. The van der Waals surface area contributed by atoms with Crippen molar-refractivity contribution in [3.05, 3.63) is 35.9 Å². The van der Waals surface area contributed by atoms with E-state index in [0.29, 0.717) is 5.56 Å². The number of rotatable bonds is 4. The molecule has 0 spiro atoms. The maximum absolute atomic E-state index is 10.3. The van der Waals surface area contributed by atoms with Crippen LogP contribution in [0.5, 0.6) is 0 Å². The van der Waals surface area contributed by atoms with Crippen LogP contribution in [0.1, 0.15) is 19.4 Å². The molecule has 0 bridgehead atoms. The molecule has 1 rings (SSSR count). The maximum atomic E-state index is 10.3. The van der Waals surface area contributed by atoms with Crippen LogP contribution < -0.4 is 0 Å². The van der Waals surface area contributed by atoms with Gasteiger partial charge in [-0.15, -0.1) is 0 Å². The predicted octanol–water partition coefficient (Wildman–Crippen LogP) is -0.00330. The lowest BCUT2D eigenvalue weighted by atomic mass is 9.81. The Hall–Kier alpha value is -0.940. The van der Waals surface area contributed by atoms with E-state index in [-0.39, 0.29) is 0 Å². The summed E-state index contributed by atoms with van der Waals surface area (Å²) in [5.74, 6) is 0. The first kappa shape index (κ1) is 13.1. The molecule has 1 aromatic carbocycles. The third kappa shape index (κ3) is 2.25. The minimum absolute atomic E-state index is 0.374. The molecule has 4 N–H and O–H groups in total. The van der Waals surface area contributed by atoms with Crippen LogP contribution >= 0.6 is 0 Å². The van der Waals surface area contributed by atoms with Crippen LogP contribution in [0, 0.1) is 0 Å². The Bertz CT molecular complexity index is 323. The number of benzene rings is 1. The molecule has 16 heavy (non-hydrogen) atoms. The van der Waals surface area contributed by atoms with Crippen LogP contribution in [-0.4, -0.2) is 38.7 Å². The molecule has 0 radical (unpaired) electrons. The lowest BCUT2D eigenvalue weighted by Gasteiger charge is -2.37. The monoisotopic (exact) mass is 226 g/mol. The van der Waals surface area contributed by atoms with Gasteiger partial charge >= 0.3 is 0 Å². The van der Waals surface area contributed by atoms with Crippen LogP contribution in [0.4, 0.5) is 0 Å². The van der Waals surface area contributed by atoms with Gasteiger partial charge in [0.05, 0.1) is 12.2 Å². The van der Waals surface area contributed by atoms with E-state index in [4.69, 9.17) is 0 Å². The second kappa shape index (κ2) is 4.93. The van der Waals surface area contributed by atoms with Gasteiger partial charge in [-0.2, -0.15) is 0 Å². The minimum atomic E-state index is -1.87. The highest BCUT2D eigenvalue weighted by Crippen LogP contribution is 2.30. The van der Waals surface area contributed by atoms with Gasteiger partial charge < -0.3 is 20.4 Å². The molecule has 4 heteroatoms. The summed E-state index contributed by atoms with van der Waals surface area (Å²) in [7, 11) is 0. The first-order valence-electron chi connectivity index (χ1n) is 5.22. The molecule has 0 aromatic heterocycles. The second-order valence-electron chi connectivity index (χ2n) is 4.05. The zero-order valence-electron chi connectivity index (χ0n) is 9.41. The van der Waals surface area contributed by atoms with Gasteiger partial charge in [0.15, 0.2) is 0 Å². The Morgan fingerprint density at radius 1 is 1.00 bits per heavy atom. The summed E-state index contributed by atoms with van der Waals surface area (Å²) < 4.78 is 0. The van der Waals surface area contributed by atoms with E-state index in [0.717, 1.165) is 0 Å². The summed E-state index contributed by atoms with van der Waals surface area (Å²) in [6.07, 6.45) is -3.78. The summed E-state index contributed by atoms with van der Waals surface area (Å²) >= 11 is 0. The van der Waals surface area contributed by atoms with Crippen molar-refractivity contribution in [2.24, 2.45) is 0 Å². The van der Waals surface area contributed by atoms with Crippen LogP contribution in [0.25, 0.3) is 0 Å². The van der Waals surface area contributed by atoms with Crippen LogP contribution in [-0.2, 0) is 5.60 Å². The third-order valence-electron chi connectivity index (χ3n) is 2.78. The Morgan fingerprint density at radius 2 is 1.50 bits per heavy atom. The molecule has 0 saturated carbocycles. The summed E-state index contributed by atoms with van der Waals surface area (Å²) in [5, 5.41) is 39.1. The first-order valence-corrected chi connectivity index (χ1v) is 5.22. The number of aliphatic hydroxyl groups is 4. The fourth-order valence-electron chi connectivity index (χ4n) is 1.73. The molecule has 90 valence electrons. The highest BCUT2D eigenvalue weighted by atomic mass is 16.4. The van der Waals surface area contributed by atoms with Gasteiger partial charge in [0, 0.05) is 0 Å². The summed E-state index contributed by atoms with van der Waals surface area (Å²) in [5.41, 5.74) is -1.49. The molecule has 0 aliphatic rings. The first-order chi connectivity index (χ1) is 7.40. The molecule has 4 nitrogen and oxygen atoms in total. The maximum Gasteiger partial charge on any atom is 0.143 e. The Morgan fingerprint density at radius 3 is 1.88 bits per heavy atom. The highest BCUT2D eigenvalue weighted by molar-refractivity contribution is 5.25. The SMILES string of the molecule is C[C@H](O)[C@@](O)(c1ccccc1)[C@@H](O)[C@@H](C)O. The molecule has 0 heterocycles. The van der Waals surface area contributed by atoms with Gasteiger partial charge in [-0.3, -0.25) is 0 Å². The lowest BCUT2D eigenvalue weighted by Crippen LogP contribution is -2.52. The Kier molecular flexibility index (Phi) is 4.04. The fourth-order valence-corrected chi connectivity index (χ4v) is 1.73. The summed E-state index contributed by atoms with van der Waals surface area (Å²) in [6, 6.07) is 8.34.